The molecule has 222 valence electrons. The van der Waals surface area contributed by atoms with Crippen LogP contribution in [-0.4, -0.2) is 28.0 Å². The van der Waals surface area contributed by atoms with Gasteiger partial charge in [0.05, 0.1) is 16.3 Å². The zero-order valence-corrected chi connectivity index (χ0v) is 25.5. The first-order chi connectivity index (χ1) is 20.7. The Morgan fingerprint density at radius 2 is 1.42 bits per heavy atom. The predicted octanol–water partition coefficient (Wildman–Crippen LogP) is 6.88. The summed E-state index contributed by atoms with van der Waals surface area (Å²) in [5.74, 6) is 1.21. The summed E-state index contributed by atoms with van der Waals surface area (Å²) in [6.45, 7) is 6.72. The minimum absolute atomic E-state index is 0.0912. The maximum Gasteiger partial charge on any atom is 0.238 e. The molecule has 0 radical (unpaired) electrons. The van der Waals surface area contributed by atoms with Crippen LogP contribution in [0, 0.1) is 6.92 Å². The van der Waals surface area contributed by atoms with E-state index in [1.165, 1.54) is 0 Å². The molecular formula is C35H38N4O3S. The highest BCUT2D eigenvalue weighted by molar-refractivity contribution is 7.89. The molecule has 1 heterocycles. The number of nitrogens with two attached hydrogens (primary N) is 1. The van der Waals surface area contributed by atoms with Gasteiger partial charge in [0, 0.05) is 37.3 Å². The van der Waals surface area contributed by atoms with E-state index in [0.29, 0.717) is 19.6 Å². The molecule has 0 saturated carbocycles. The van der Waals surface area contributed by atoms with Crippen molar-refractivity contribution in [3.63, 3.8) is 0 Å². The van der Waals surface area contributed by atoms with Crippen LogP contribution in [0.15, 0.2) is 108 Å². The van der Waals surface area contributed by atoms with Gasteiger partial charge < -0.3 is 9.67 Å². The minimum Gasteiger partial charge on any atom is -0.508 e. The van der Waals surface area contributed by atoms with Crippen LogP contribution in [0.4, 0.5) is 0 Å². The van der Waals surface area contributed by atoms with E-state index >= 15 is 0 Å². The second-order valence-electron chi connectivity index (χ2n) is 10.9. The van der Waals surface area contributed by atoms with Gasteiger partial charge in [0.25, 0.3) is 0 Å². The average molecular weight is 595 g/mol. The molecule has 0 bridgehead atoms. The molecule has 0 atom stereocenters. The number of unbranched alkanes of at least 4 members (excludes halogenated alkanes) is 1. The van der Waals surface area contributed by atoms with E-state index in [1.54, 1.807) is 18.2 Å². The van der Waals surface area contributed by atoms with Crippen LogP contribution in [0.25, 0.3) is 22.6 Å². The van der Waals surface area contributed by atoms with Crippen molar-refractivity contribution in [1.29, 1.82) is 0 Å². The Bertz CT molecular complexity index is 1770. The lowest BCUT2D eigenvalue weighted by Crippen LogP contribution is -2.25. The fraction of sp³-hybridized carbons (Fsp3) is 0.229. The van der Waals surface area contributed by atoms with Gasteiger partial charge in [-0.15, -0.1) is 0 Å². The van der Waals surface area contributed by atoms with Crippen molar-refractivity contribution in [2.24, 2.45) is 5.14 Å². The number of phenolic OH excluding ortho intramolecular Hbond substituents is 1. The molecule has 43 heavy (non-hydrogen) atoms. The number of aromatic hydroxyl groups is 1. The second-order valence-corrected chi connectivity index (χ2v) is 12.5. The maximum absolute atomic E-state index is 11.9. The average Bonchev–Trinajstić information content (AvgIpc) is 3.36. The fourth-order valence-corrected chi connectivity index (χ4v) is 5.85. The molecule has 0 amide bonds. The number of nitrogens with zero attached hydrogens (tertiary/aromatic N) is 3. The number of benzene rings is 4. The quantitative estimate of drug-likeness (QED) is 0.164. The van der Waals surface area contributed by atoms with Gasteiger partial charge in [-0.05, 0) is 48.2 Å². The van der Waals surface area contributed by atoms with Crippen LogP contribution in [0.1, 0.15) is 42.1 Å². The monoisotopic (exact) mass is 594 g/mol. The highest BCUT2D eigenvalue weighted by atomic mass is 32.2. The lowest BCUT2D eigenvalue weighted by Gasteiger charge is -2.25. The summed E-state index contributed by atoms with van der Waals surface area (Å²) in [6.07, 6.45) is 2.07. The first-order valence-corrected chi connectivity index (χ1v) is 16.1. The third-order valence-corrected chi connectivity index (χ3v) is 8.52. The summed E-state index contributed by atoms with van der Waals surface area (Å²) in [4.78, 5) is 7.68. The molecule has 0 spiro atoms. The maximum atomic E-state index is 11.9. The van der Waals surface area contributed by atoms with E-state index in [9.17, 15) is 13.5 Å². The van der Waals surface area contributed by atoms with E-state index < -0.39 is 10.0 Å². The Kier molecular flexibility index (Phi) is 9.40. The Morgan fingerprint density at radius 1 is 0.814 bits per heavy atom. The Labute approximate surface area is 254 Å². The number of hydrogen-bond acceptors (Lipinski definition) is 5. The molecule has 0 aliphatic heterocycles. The van der Waals surface area contributed by atoms with Crippen molar-refractivity contribution in [2.75, 3.05) is 0 Å². The van der Waals surface area contributed by atoms with Crippen molar-refractivity contribution in [3.8, 4) is 28.4 Å². The van der Waals surface area contributed by atoms with Gasteiger partial charge in [-0.1, -0.05) is 98.3 Å². The van der Waals surface area contributed by atoms with E-state index in [2.05, 4.69) is 40.7 Å². The third kappa shape index (κ3) is 7.40. The molecule has 1 aromatic heterocycles. The third-order valence-electron chi connectivity index (χ3n) is 7.59. The molecule has 4 aromatic carbocycles. The largest absolute Gasteiger partial charge is 0.508 e. The highest BCUT2D eigenvalue weighted by Gasteiger charge is 2.22. The van der Waals surface area contributed by atoms with Crippen molar-refractivity contribution in [3.05, 3.63) is 126 Å². The van der Waals surface area contributed by atoms with Crippen LogP contribution >= 0.6 is 0 Å². The number of imidazole rings is 1. The zero-order chi connectivity index (χ0) is 30.4. The van der Waals surface area contributed by atoms with Gasteiger partial charge >= 0.3 is 0 Å². The van der Waals surface area contributed by atoms with Crippen LogP contribution < -0.4 is 5.14 Å². The van der Waals surface area contributed by atoms with Gasteiger partial charge in [0.2, 0.25) is 10.0 Å². The number of aryl methyl sites for hydroxylation is 1. The first-order valence-electron chi connectivity index (χ1n) is 14.6. The van der Waals surface area contributed by atoms with Crippen LogP contribution in [0.3, 0.4) is 0 Å². The van der Waals surface area contributed by atoms with E-state index in [-0.39, 0.29) is 10.6 Å². The summed E-state index contributed by atoms with van der Waals surface area (Å²) in [7, 11) is -3.78. The van der Waals surface area contributed by atoms with Crippen LogP contribution in [0.5, 0.6) is 5.75 Å². The molecule has 0 unspecified atom stereocenters. The molecule has 8 heteroatoms. The summed E-state index contributed by atoms with van der Waals surface area (Å²) in [6, 6.07) is 33.0. The summed E-state index contributed by atoms with van der Waals surface area (Å²) >= 11 is 0. The second kappa shape index (κ2) is 13.4. The van der Waals surface area contributed by atoms with Gasteiger partial charge in [0.1, 0.15) is 11.6 Å². The van der Waals surface area contributed by atoms with Gasteiger partial charge in [-0.2, -0.15) is 0 Å². The van der Waals surface area contributed by atoms with Crippen molar-refractivity contribution in [1.82, 2.24) is 14.5 Å². The molecule has 0 saturated heterocycles. The lowest BCUT2D eigenvalue weighted by molar-refractivity contribution is 0.241. The number of hydrogen-bond donors (Lipinski definition) is 2. The molecule has 0 aliphatic carbocycles. The zero-order valence-electron chi connectivity index (χ0n) is 24.6. The number of sulfonamides is 1. The van der Waals surface area contributed by atoms with E-state index in [4.69, 9.17) is 10.1 Å². The molecule has 3 N–H and O–H groups in total. The Hall–Kier alpha value is -4.24. The Morgan fingerprint density at radius 3 is 2.02 bits per heavy atom. The summed E-state index contributed by atoms with van der Waals surface area (Å²) < 4.78 is 26.1. The number of primary sulfonamides is 1. The fourth-order valence-electron chi connectivity index (χ4n) is 5.33. The topological polar surface area (TPSA) is 101 Å². The molecule has 0 aliphatic rings. The minimum atomic E-state index is -3.78. The van der Waals surface area contributed by atoms with E-state index in [1.807, 2.05) is 67.6 Å². The molecule has 0 fully saturated rings. The smallest absolute Gasteiger partial charge is 0.238 e. The standard InChI is InChI=1S/C35H38N4O3S/c1-3-4-21-39-32(34(29-11-7-5-8-12-29)37-35(39)30-13-9-6-10-14-30)25-38(24-28-17-20-33(40)26(2)22-28)23-27-15-18-31(19-16-27)43(36,41)42/h5-20,22,40H,3-4,21,23-25H2,1-2H3,(H2,36,41,42). The predicted molar refractivity (Wildman–Crippen MR) is 172 cm³/mol. The van der Waals surface area contributed by atoms with Gasteiger partial charge in [-0.25, -0.2) is 18.5 Å². The number of aromatic nitrogens is 2. The summed E-state index contributed by atoms with van der Waals surface area (Å²) in [5.41, 5.74) is 7.05. The van der Waals surface area contributed by atoms with Crippen molar-refractivity contribution >= 4 is 10.0 Å². The number of phenols is 1. The van der Waals surface area contributed by atoms with Crippen LogP contribution in [0.2, 0.25) is 0 Å². The van der Waals surface area contributed by atoms with E-state index in [0.717, 1.165) is 64.4 Å². The van der Waals surface area contributed by atoms with Crippen molar-refractivity contribution in [2.45, 2.75) is 57.8 Å². The number of rotatable bonds is 12. The van der Waals surface area contributed by atoms with Gasteiger partial charge in [-0.3, -0.25) is 4.90 Å². The SMILES string of the molecule is CCCCn1c(-c2ccccc2)nc(-c2ccccc2)c1CN(Cc1ccc(S(N)(=O)=O)cc1)Cc1ccc(O)c(C)c1. The van der Waals surface area contributed by atoms with Gasteiger partial charge in [0.15, 0.2) is 0 Å². The Balaban J connectivity index is 1.61. The molecule has 7 nitrogen and oxygen atoms in total. The normalized spacial score (nSPS) is 11.7. The molecule has 5 aromatic rings. The van der Waals surface area contributed by atoms with Crippen LogP contribution in [-0.2, 0) is 36.2 Å². The highest BCUT2D eigenvalue weighted by Crippen LogP contribution is 2.32. The first kappa shape index (κ1) is 30.2. The molecular weight excluding hydrogens is 556 g/mol. The molecule has 5 rings (SSSR count). The lowest BCUT2D eigenvalue weighted by atomic mass is 10.1. The summed E-state index contributed by atoms with van der Waals surface area (Å²) in [5, 5.41) is 15.5. The van der Waals surface area contributed by atoms with Crippen molar-refractivity contribution < 1.29 is 13.5 Å².